The molecule has 0 saturated heterocycles. The van der Waals surface area contributed by atoms with Gasteiger partial charge in [-0.15, -0.1) is 0 Å². The van der Waals surface area contributed by atoms with Gasteiger partial charge in [0.05, 0.1) is 67.8 Å². The first-order valence-electron chi connectivity index (χ1n) is 16.9. The lowest BCUT2D eigenvalue weighted by molar-refractivity contribution is -0.777. The molecule has 0 amide bonds. The molecule has 0 aliphatic heterocycles. The maximum absolute atomic E-state index is 14.2. The van der Waals surface area contributed by atoms with Crippen LogP contribution in [0.25, 0.3) is 0 Å². The van der Waals surface area contributed by atoms with Crippen molar-refractivity contribution in [3.8, 4) is 0 Å². The summed E-state index contributed by atoms with van der Waals surface area (Å²) in [6.45, 7) is 4.33. The van der Waals surface area contributed by atoms with Gasteiger partial charge in [0, 0.05) is 11.1 Å². The largest absolute Gasteiger partial charge is 0.691 e. The molecule has 12 heteroatoms. The molecule has 264 valence electrons. The van der Waals surface area contributed by atoms with Crippen LogP contribution in [-0.4, -0.2) is 11.6 Å². The van der Waals surface area contributed by atoms with Gasteiger partial charge in [-0.2, -0.15) is 8.67 Å². The van der Waals surface area contributed by atoms with Crippen molar-refractivity contribution in [1.82, 2.24) is 0 Å². The Hall–Kier alpha value is -3.72. The molecule has 0 heterocycles. The molecule has 0 fully saturated rings. The quantitative estimate of drug-likeness (QED) is 0.0345. The highest BCUT2D eigenvalue weighted by atomic mass is 32.2. The minimum absolute atomic E-state index is 0.195. The van der Waals surface area contributed by atoms with Crippen molar-refractivity contribution >= 4 is 58.4 Å². The predicted octanol–water partition coefficient (Wildman–Crippen LogP) is 8.66. The van der Waals surface area contributed by atoms with Crippen molar-refractivity contribution < 1.29 is 38.8 Å². The number of nitrogens with one attached hydrogen (secondary N) is 2. The van der Waals surface area contributed by atoms with Crippen molar-refractivity contribution in [1.29, 1.82) is 0 Å². The topological polar surface area (TPSA) is 141 Å². The molecule has 0 atom stereocenters. The van der Waals surface area contributed by atoms with E-state index in [9.17, 15) is 20.1 Å². The molecule has 0 aromatic heterocycles. The number of anilines is 4. The number of hydrogen-bond acceptors (Lipinski definition) is 12. The first-order valence-corrected chi connectivity index (χ1v) is 18.4. The van der Waals surface area contributed by atoms with Crippen LogP contribution in [-0.2, 0) is 31.6 Å². The molecule has 4 aromatic carbocycles. The van der Waals surface area contributed by atoms with Gasteiger partial charge in [0.15, 0.2) is 11.6 Å². The Labute approximate surface area is 301 Å². The summed E-state index contributed by atoms with van der Waals surface area (Å²) in [7, 11) is 0. The first kappa shape index (κ1) is 37.5. The van der Waals surface area contributed by atoms with E-state index in [1.807, 2.05) is 36.4 Å². The summed E-state index contributed by atoms with van der Waals surface area (Å²) in [5.74, 6) is -0.635. The predicted molar refractivity (Wildman–Crippen MR) is 191 cm³/mol. The van der Waals surface area contributed by atoms with Gasteiger partial charge in [0.25, 0.3) is 0 Å². The molecule has 0 radical (unpaired) electrons. The van der Waals surface area contributed by atoms with Crippen molar-refractivity contribution in [3.05, 3.63) is 106 Å². The third-order valence-corrected chi connectivity index (χ3v) is 9.93. The second-order valence-corrected chi connectivity index (χ2v) is 13.6. The highest BCUT2D eigenvalue weighted by molar-refractivity contribution is 7.95. The number of carbonyl (C=O) groups is 2. The fourth-order valence-corrected chi connectivity index (χ4v) is 7.14. The molecule has 0 unspecified atom stereocenters. The second-order valence-electron chi connectivity index (χ2n) is 12.1. The average molecular weight is 717 g/mol. The van der Waals surface area contributed by atoms with Crippen LogP contribution in [0.5, 0.6) is 0 Å². The highest BCUT2D eigenvalue weighted by Crippen LogP contribution is 2.41. The maximum Gasteiger partial charge on any atom is 0.196 e. The van der Waals surface area contributed by atoms with E-state index in [4.69, 9.17) is 8.67 Å². The summed E-state index contributed by atoms with van der Waals surface area (Å²) in [6.07, 6.45) is 10.6. The fraction of sp³-hybridized carbons (Fsp3) is 0.316. The number of carbonyl (C=O) groups excluding carboxylic acids is 2. The lowest BCUT2D eigenvalue weighted by atomic mass is 9.82. The summed E-state index contributed by atoms with van der Waals surface area (Å²) in [6, 6.07) is 21.7. The maximum atomic E-state index is 14.2. The highest BCUT2D eigenvalue weighted by Gasteiger charge is 2.34. The van der Waals surface area contributed by atoms with E-state index in [0.29, 0.717) is 43.7 Å². The Morgan fingerprint density at radius 1 is 0.560 bits per heavy atom. The normalized spacial score (nSPS) is 12.2. The summed E-state index contributed by atoms with van der Waals surface area (Å²) in [5.41, 5.74) is 5.06. The molecule has 4 aromatic rings. The van der Waals surface area contributed by atoms with Crippen LogP contribution < -0.4 is 21.1 Å². The fourth-order valence-electron chi connectivity index (χ4n) is 6.12. The number of ketones is 2. The van der Waals surface area contributed by atoms with Crippen LogP contribution in [0.4, 0.5) is 22.7 Å². The average Bonchev–Trinajstić information content (AvgIpc) is 3.14. The third-order valence-electron chi connectivity index (χ3n) is 8.65. The molecule has 5 rings (SSSR count). The van der Waals surface area contributed by atoms with Crippen LogP contribution >= 0.6 is 24.1 Å². The lowest BCUT2D eigenvalue weighted by Gasteiger charge is -2.25. The van der Waals surface area contributed by atoms with Crippen LogP contribution in [0.2, 0.25) is 0 Å². The van der Waals surface area contributed by atoms with Crippen LogP contribution in [0.15, 0.2) is 82.6 Å². The molecule has 1 aliphatic carbocycles. The van der Waals surface area contributed by atoms with Gasteiger partial charge in [0.1, 0.15) is 0 Å². The second kappa shape index (κ2) is 19.0. The molecule has 1 aliphatic rings. The Kier molecular flexibility index (Phi) is 14.3. The number of fused-ring (bicyclic) bond motifs is 2. The number of unbranched alkanes of at least 4 members (excludes halogenated alkanes) is 6. The van der Waals surface area contributed by atoms with Gasteiger partial charge in [-0.3, -0.25) is 19.7 Å². The van der Waals surface area contributed by atoms with Crippen LogP contribution in [0, 0.1) is 0 Å². The zero-order valence-electron chi connectivity index (χ0n) is 28.1. The smallest absolute Gasteiger partial charge is 0.196 e. The minimum atomic E-state index is -0.317. The van der Waals surface area contributed by atoms with Gasteiger partial charge in [0.2, 0.25) is 0 Å². The first-order chi connectivity index (χ1) is 24.5. The van der Waals surface area contributed by atoms with Crippen LogP contribution in [0.1, 0.15) is 108 Å². The number of aryl methyl sites for hydroxylation is 2. The monoisotopic (exact) mass is 716 g/mol. The summed E-state index contributed by atoms with van der Waals surface area (Å²) in [4.78, 5) is 29.5. The summed E-state index contributed by atoms with van der Waals surface area (Å²) in [5, 5.41) is 35.5. The van der Waals surface area contributed by atoms with Gasteiger partial charge >= 0.3 is 0 Å². The van der Waals surface area contributed by atoms with E-state index in [1.54, 1.807) is 36.4 Å². The van der Waals surface area contributed by atoms with Crippen LogP contribution in [0.3, 0.4) is 0 Å². The number of benzene rings is 4. The van der Waals surface area contributed by atoms with Crippen molar-refractivity contribution in [2.24, 2.45) is 0 Å². The lowest BCUT2D eigenvalue weighted by Crippen LogP contribution is -2.23. The van der Waals surface area contributed by atoms with E-state index in [1.165, 1.54) is 0 Å². The van der Waals surface area contributed by atoms with E-state index >= 15 is 0 Å². The molecular formula is C38H40N2O8S2-2. The summed E-state index contributed by atoms with van der Waals surface area (Å²) < 4.78 is 9.42. The van der Waals surface area contributed by atoms with Crippen molar-refractivity contribution in [2.45, 2.75) is 87.8 Å². The third kappa shape index (κ3) is 9.33. The Morgan fingerprint density at radius 3 is 1.38 bits per heavy atom. The van der Waals surface area contributed by atoms with Gasteiger partial charge in [-0.1, -0.05) is 88.8 Å². The Bertz CT molecular complexity index is 1660. The van der Waals surface area contributed by atoms with Gasteiger partial charge in [-0.05, 0) is 73.2 Å². The number of hydrogen-bond donors (Lipinski definition) is 2. The van der Waals surface area contributed by atoms with Gasteiger partial charge in [-0.25, -0.2) is 0 Å². The molecule has 0 spiro atoms. The van der Waals surface area contributed by atoms with E-state index in [0.717, 1.165) is 99.4 Å². The Morgan fingerprint density at radius 2 is 0.980 bits per heavy atom. The summed E-state index contributed by atoms with van der Waals surface area (Å²) >= 11 is 1.53. The molecule has 0 bridgehead atoms. The zero-order chi connectivity index (χ0) is 35.3. The van der Waals surface area contributed by atoms with Crippen molar-refractivity contribution in [3.63, 3.8) is 0 Å². The van der Waals surface area contributed by atoms with E-state index < -0.39 is 0 Å². The van der Waals surface area contributed by atoms with E-state index in [2.05, 4.69) is 34.6 Å². The SMILES string of the molecule is CCCCCCc1ccc(Nc2ccc(Nc3ccc(CCCCCC)cc3SOO[O-])c3c2C(=O)c2ccccc2C3=O)c(SOO[O-])c1. The van der Waals surface area contributed by atoms with Crippen molar-refractivity contribution in [2.75, 3.05) is 10.6 Å². The van der Waals surface area contributed by atoms with E-state index in [-0.39, 0.29) is 22.7 Å². The molecule has 10 nitrogen and oxygen atoms in total. The molecular weight excluding hydrogens is 677 g/mol. The Balaban J connectivity index is 1.52. The zero-order valence-corrected chi connectivity index (χ0v) is 29.7. The minimum Gasteiger partial charge on any atom is -0.691 e. The standard InChI is InChI=1S/C38H42N2O8S2/c1-3-5-7-9-13-25-17-19-29(33(23-25)49-47-45-43)39-31-21-22-32(36-35(31)37(41)27-15-11-12-16-28(27)38(36)42)40-30-20-18-26(14-10-8-6-4-2)24-34(30)50-48-46-44/h11-12,15-24,39-40,43-44H,3-10,13-14H2,1-2H3/p-2. The molecule has 2 N–H and O–H groups in total. The number of rotatable bonds is 20. The molecule has 50 heavy (non-hydrogen) atoms. The molecule has 0 saturated carbocycles. The van der Waals surface area contributed by atoms with Gasteiger partial charge < -0.3 is 21.1 Å².